The van der Waals surface area contributed by atoms with Gasteiger partial charge in [-0.25, -0.2) is 0 Å². The number of ketones is 1. The average Bonchev–Trinajstić information content (AvgIpc) is 3.78. The summed E-state index contributed by atoms with van der Waals surface area (Å²) in [6.45, 7) is 14.7. The van der Waals surface area contributed by atoms with E-state index >= 15 is 0 Å². The van der Waals surface area contributed by atoms with Gasteiger partial charge < -0.3 is 20.1 Å². The second-order valence-electron chi connectivity index (χ2n) is 16.8. The minimum absolute atomic E-state index is 0.0589. The van der Waals surface area contributed by atoms with Crippen LogP contribution in [0.5, 0.6) is 0 Å². The molecule has 1 aliphatic carbocycles. The van der Waals surface area contributed by atoms with Crippen molar-refractivity contribution in [1.29, 1.82) is 5.26 Å². The number of aromatic nitrogens is 1. The number of aryl methyl sites for hydroxylation is 1. The maximum Gasteiger partial charge on any atom is 0.255 e. The number of piperidine rings is 2. The molecule has 1 aromatic heterocycles. The van der Waals surface area contributed by atoms with Gasteiger partial charge in [-0.3, -0.25) is 34.3 Å². The molecule has 0 radical (unpaired) electrons. The minimum Gasteiger partial charge on any atom is -0.383 e. The Balaban J connectivity index is 0.796. The molecule has 5 aliphatic rings. The second kappa shape index (κ2) is 14.5. The van der Waals surface area contributed by atoms with Crippen LogP contribution in [0.4, 0.5) is 11.4 Å². The molecule has 0 bridgehead atoms. The smallest absolute Gasteiger partial charge is 0.255 e. The van der Waals surface area contributed by atoms with E-state index in [4.69, 9.17) is 0 Å². The Morgan fingerprint density at radius 2 is 1.72 bits per heavy atom. The number of amides is 3. The molecule has 3 saturated heterocycles. The molecule has 3 fully saturated rings. The summed E-state index contributed by atoms with van der Waals surface area (Å²) in [7, 11) is 0. The number of nitrogens with zero attached hydrogens (tertiary/aromatic N) is 5. The summed E-state index contributed by atoms with van der Waals surface area (Å²) < 4.78 is 0. The van der Waals surface area contributed by atoms with Gasteiger partial charge in [0.25, 0.3) is 5.91 Å². The molecule has 3 aromatic carbocycles. The Hall–Kier alpha value is -5.51. The van der Waals surface area contributed by atoms with Crippen molar-refractivity contribution in [2.24, 2.45) is 0 Å². The predicted octanol–water partition coefficient (Wildman–Crippen LogP) is 4.93. The number of benzene rings is 3. The first-order valence-corrected chi connectivity index (χ1v) is 20.6. The second-order valence-corrected chi connectivity index (χ2v) is 16.8. The van der Waals surface area contributed by atoms with Crippen molar-refractivity contribution in [1.82, 2.24) is 25.0 Å². The molecule has 5 heterocycles. The first-order chi connectivity index (χ1) is 27.5. The molecule has 12 heteroatoms. The number of fused-ring (bicyclic) bond motifs is 5. The van der Waals surface area contributed by atoms with E-state index in [9.17, 15) is 24.4 Å². The van der Waals surface area contributed by atoms with E-state index in [0.717, 1.165) is 116 Å². The van der Waals surface area contributed by atoms with Crippen LogP contribution in [0.25, 0.3) is 10.9 Å². The van der Waals surface area contributed by atoms with E-state index in [1.54, 1.807) is 11.0 Å². The zero-order chi connectivity index (χ0) is 39.6. The van der Waals surface area contributed by atoms with E-state index in [2.05, 4.69) is 69.3 Å². The molecule has 9 rings (SSSR count). The van der Waals surface area contributed by atoms with Crippen LogP contribution in [0.15, 0.2) is 48.5 Å². The summed E-state index contributed by atoms with van der Waals surface area (Å²) in [6, 6.07) is 17.9. The molecule has 4 aromatic rings. The van der Waals surface area contributed by atoms with E-state index in [-0.39, 0.29) is 24.0 Å². The lowest BCUT2D eigenvalue weighted by molar-refractivity contribution is -0.136. The van der Waals surface area contributed by atoms with Crippen molar-refractivity contribution in [3.63, 3.8) is 0 Å². The molecular weight excluding hydrogens is 717 g/mol. The molecule has 3 N–H and O–H groups in total. The van der Waals surface area contributed by atoms with Crippen molar-refractivity contribution in [3.8, 4) is 6.07 Å². The van der Waals surface area contributed by atoms with Crippen molar-refractivity contribution < 1.29 is 19.2 Å². The number of hydrogen-bond acceptors (Lipinski definition) is 9. The standard InChI is InChI=1S/C45H50N8O4/c1-4-28-23-32-34(45(2,3)42-40(41(32)55)31-9-8-27(25-46)22-36(31)48-42)24-38(28)52-15-12-29(13-16-52)51-20-18-50(19-21-51)17-14-47-35-7-5-6-30-33(35)26-53(44(30)57)37-10-11-39(54)49-43(37)56/h5-9,22-24,29,37,47-48H,4,10-21,26H2,1-3H3,(H,49,54,56). The van der Waals surface area contributed by atoms with Crippen LogP contribution >= 0.6 is 0 Å². The number of H-pyrrole nitrogens is 1. The molecule has 1 atom stereocenters. The van der Waals surface area contributed by atoms with Gasteiger partial charge in [0.2, 0.25) is 11.8 Å². The number of carbonyl (C=O) groups is 4. The zero-order valence-corrected chi connectivity index (χ0v) is 33.0. The normalized spacial score (nSPS) is 21.3. The number of hydrogen-bond donors (Lipinski definition) is 3. The molecule has 4 aliphatic heterocycles. The van der Waals surface area contributed by atoms with E-state index < -0.39 is 17.4 Å². The average molecular weight is 767 g/mol. The van der Waals surface area contributed by atoms with Gasteiger partial charge in [0, 0.05) is 121 Å². The van der Waals surface area contributed by atoms with Crippen LogP contribution in [0.1, 0.15) is 101 Å². The molecule has 0 spiro atoms. The van der Waals surface area contributed by atoms with E-state index in [1.807, 2.05) is 30.3 Å². The first-order valence-electron chi connectivity index (χ1n) is 20.6. The fraction of sp³-hybridized carbons (Fsp3) is 0.444. The van der Waals surface area contributed by atoms with E-state index in [0.29, 0.717) is 30.1 Å². The maximum absolute atomic E-state index is 14.1. The topological polar surface area (TPSA) is 145 Å². The Labute approximate surface area is 333 Å². The van der Waals surface area contributed by atoms with Gasteiger partial charge in [-0.05, 0) is 73.2 Å². The molecule has 0 saturated carbocycles. The summed E-state index contributed by atoms with van der Waals surface area (Å²) in [5.74, 6) is -0.766. The highest BCUT2D eigenvalue weighted by molar-refractivity contribution is 6.20. The van der Waals surface area contributed by atoms with Crippen LogP contribution in [-0.2, 0) is 28.0 Å². The number of imide groups is 1. The zero-order valence-electron chi connectivity index (χ0n) is 33.0. The summed E-state index contributed by atoms with van der Waals surface area (Å²) in [5.41, 5.74) is 9.45. The molecule has 57 heavy (non-hydrogen) atoms. The number of nitriles is 1. The lowest BCUT2D eigenvalue weighted by atomic mass is 9.70. The van der Waals surface area contributed by atoms with Crippen LogP contribution in [0.2, 0.25) is 0 Å². The highest BCUT2D eigenvalue weighted by atomic mass is 16.2. The van der Waals surface area contributed by atoms with Gasteiger partial charge in [-0.2, -0.15) is 5.26 Å². The minimum atomic E-state index is -0.618. The van der Waals surface area contributed by atoms with Gasteiger partial charge in [0.05, 0.1) is 17.2 Å². The maximum atomic E-state index is 14.1. The van der Waals surface area contributed by atoms with Crippen molar-refractivity contribution in [2.45, 2.75) is 76.9 Å². The first kappa shape index (κ1) is 37.1. The summed E-state index contributed by atoms with van der Waals surface area (Å²) in [6.07, 6.45) is 3.66. The van der Waals surface area contributed by atoms with Crippen LogP contribution in [-0.4, -0.2) is 108 Å². The third-order valence-corrected chi connectivity index (χ3v) is 13.4. The van der Waals surface area contributed by atoms with Gasteiger partial charge in [0.15, 0.2) is 5.78 Å². The highest BCUT2D eigenvalue weighted by Crippen LogP contribution is 2.46. The molecule has 1 unspecified atom stereocenters. The third kappa shape index (κ3) is 6.37. The summed E-state index contributed by atoms with van der Waals surface area (Å²) >= 11 is 0. The Kier molecular flexibility index (Phi) is 9.41. The Morgan fingerprint density at radius 1 is 0.930 bits per heavy atom. The summed E-state index contributed by atoms with van der Waals surface area (Å²) in [4.78, 5) is 64.4. The largest absolute Gasteiger partial charge is 0.383 e. The molecular formula is C45H50N8O4. The van der Waals surface area contributed by atoms with Crippen molar-refractivity contribution in [2.75, 3.05) is 62.6 Å². The quantitative estimate of drug-likeness (QED) is 0.213. The number of anilines is 2. The number of rotatable bonds is 8. The van der Waals surface area contributed by atoms with Crippen LogP contribution in [0, 0.1) is 11.3 Å². The fourth-order valence-corrected chi connectivity index (χ4v) is 10.1. The fourth-order valence-electron chi connectivity index (χ4n) is 10.1. The van der Waals surface area contributed by atoms with Gasteiger partial charge in [0.1, 0.15) is 6.04 Å². The number of aromatic amines is 1. The van der Waals surface area contributed by atoms with E-state index in [1.165, 1.54) is 11.3 Å². The van der Waals surface area contributed by atoms with Crippen LogP contribution < -0.4 is 15.5 Å². The Morgan fingerprint density at radius 3 is 2.46 bits per heavy atom. The van der Waals surface area contributed by atoms with Gasteiger partial charge in [-0.1, -0.05) is 32.9 Å². The monoisotopic (exact) mass is 766 g/mol. The third-order valence-electron chi connectivity index (χ3n) is 13.4. The Bertz CT molecular complexity index is 2360. The van der Waals surface area contributed by atoms with Crippen molar-refractivity contribution in [3.05, 3.63) is 93.2 Å². The van der Waals surface area contributed by atoms with Crippen LogP contribution in [0.3, 0.4) is 0 Å². The van der Waals surface area contributed by atoms with Gasteiger partial charge >= 0.3 is 0 Å². The summed E-state index contributed by atoms with van der Waals surface area (Å²) in [5, 5.41) is 16.3. The van der Waals surface area contributed by atoms with Crippen molar-refractivity contribution >= 4 is 45.8 Å². The molecule has 294 valence electrons. The highest BCUT2D eigenvalue weighted by Gasteiger charge is 2.42. The molecule has 12 nitrogen and oxygen atoms in total. The number of nitrogens with one attached hydrogen (secondary N) is 3. The number of piperazine rings is 1. The predicted molar refractivity (Wildman–Crippen MR) is 219 cm³/mol. The number of carbonyl (C=O) groups excluding carboxylic acids is 4. The SMILES string of the molecule is CCc1cc2c(cc1N1CCC(N3CCN(CCNc4cccc5c4CN(C4CCC(=O)NC4=O)C5=O)CC3)CC1)C(C)(C)c1[nH]c3cc(C#N)ccc3c1C2=O. The van der Waals surface area contributed by atoms with Gasteiger partial charge in [-0.15, -0.1) is 0 Å². The lowest BCUT2D eigenvalue weighted by Crippen LogP contribution is -2.53. The molecule has 3 amide bonds. The lowest BCUT2D eigenvalue weighted by Gasteiger charge is -2.44.